The number of unbranched alkanes of at least 4 members (excludes halogenated alkanes) is 9. The molecule has 1 unspecified atom stereocenters. The standard InChI is InChI=1S/C16H32O2/c1-4-5-6-7-8-9-10-11-12-13-14-16(17)15(2)18-3/h15H,4-14H2,1-3H3. The summed E-state index contributed by atoms with van der Waals surface area (Å²) in [5, 5.41) is 0. The second-order valence-corrected chi connectivity index (χ2v) is 5.28. The molecule has 0 amide bonds. The van der Waals surface area contributed by atoms with Crippen molar-refractivity contribution in [2.75, 3.05) is 7.11 Å². The summed E-state index contributed by atoms with van der Waals surface area (Å²) in [4.78, 5) is 11.5. The number of hydrogen-bond donors (Lipinski definition) is 0. The van der Waals surface area contributed by atoms with Crippen LogP contribution in [0.2, 0.25) is 0 Å². The van der Waals surface area contributed by atoms with Gasteiger partial charge in [0.15, 0.2) is 5.78 Å². The smallest absolute Gasteiger partial charge is 0.161 e. The van der Waals surface area contributed by atoms with E-state index in [-0.39, 0.29) is 11.9 Å². The summed E-state index contributed by atoms with van der Waals surface area (Å²) >= 11 is 0. The molecule has 0 aromatic carbocycles. The molecule has 2 heteroatoms. The van der Waals surface area contributed by atoms with Crippen LogP contribution < -0.4 is 0 Å². The zero-order valence-corrected chi connectivity index (χ0v) is 12.7. The van der Waals surface area contributed by atoms with E-state index in [1.165, 1.54) is 57.8 Å². The first-order valence-corrected chi connectivity index (χ1v) is 7.77. The SMILES string of the molecule is CCCCCCCCCCCCC(=O)C(C)OC. The van der Waals surface area contributed by atoms with Gasteiger partial charge in [-0.2, -0.15) is 0 Å². The van der Waals surface area contributed by atoms with Crippen molar-refractivity contribution < 1.29 is 9.53 Å². The quantitative estimate of drug-likeness (QED) is 0.438. The maximum atomic E-state index is 11.5. The van der Waals surface area contributed by atoms with Crippen LogP contribution in [-0.2, 0) is 9.53 Å². The van der Waals surface area contributed by atoms with Gasteiger partial charge in [-0.25, -0.2) is 0 Å². The predicted octanol–water partition coefficient (Wildman–Crippen LogP) is 4.90. The van der Waals surface area contributed by atoms with Gasteiger partial charge in [-0.05, 0) is 13.3 Å². The molecule has 0 N–H and O–H groups in total. The van der Waals surface area contributed by atoms with Gasteiger partial charge in [0.25, 0.3) is 0 Å². The van der Waals surface area contributed by atoms with Crippen LogP contribution in [0.3, 0.4) is 0 Å². The van der Waals surface area contributed by atoms with Gasteiger partial charge in [0.2, 0.25) is 0 Å². The molecule has 0 saturated carbocycles. The van der Waals surface area contributed by atoms with Crippen molar-refractivity contribution in [1.29, 1.82) is 0 Å². The van der Waals surface area contributed by atoms with E-state index in [1.54, 1.807) is 7.11 Å². The third-order valence-corrected chi connectivity index (χ3v) is 3.58. The van der Waals surface area contributed by atoms with Crippen molar-refractivity contribution in [3.63, 3.8) is 0 Å². The van der Waals surface area contributed by atoms with Crippen LogP contribution in [-0.4, -0.2) is 19.0 Å². The third-order valence-electron chi connectivity index (χ3n) is 3.58. The van der Waals surface area contributed by atoms with E-state index in [0.29, 0.717) is 6.42 Å². The van der Waals surface area contributed by atoms with Gasteiger partial charge in [-0.3, -0.25) is 4.79 Å². The Labute approximate surface area is 113 Å². The summed E-state index contributed by atoms with van der Waals surface area (Å²) in [6.07, 6.45) is 13.6. The molecule has 0 heterocycles. The zero-order valence-electron chi connectivity index (χ0n) is 12.7. The van der Waals surface area contributed by atoms with Crippen molar-refractivity contribution in [3.8, 4) is 0 Å². The largest absolute Gasteiger partial charge is 0.374 e. The normalized spacial score (nSPS) is 12.6. The Kier molecular flexibility index (Phi) is 12.8. The van der Waals surface area contributed by atoms with Crippen LogP contribution in [0, 0.1) is 0 Å². The molecule has 0 aliphatic rings. The number of carbonyl (C=O) groups excluding carboxylic acids is 1. The van der Waals surface area contributed by atoms with Crippen molar-refractivity contribution >= 4 is 5.78 Å². The summed E-state index contributed by atoms with van der Waals surface area (Å²) in [5.74, 6) is 0.247. The molecule has 18 heavy (non-hydrogen) atoms. The lowest BCUT2D eigenvalue weighted by Crippen LogP contribution is -2.18. The van der Waals surface area contributed by atoms with E-state index in [9.17, 15) is 4.79 Å². The summed E-state index contributed by atoms with van der Waals surface area (Å²) in [7, 11) is 1.60. The zero-order chi connectivity index (χ0) is 13.6. The number of Topliss-reactive ketones (excluding diaryl/α,β-unsaturated/α-hetero) is 1. The van der Waals surface area contributed by atoms with Gasteiger partial charge < -0.3 is 4.74 Å². The first-order valence-electron chi connectivity index (χ1n) is 7.77. The van der Waals surface area contributed by atoms with E-state index in [1.807, 2.05) is 6.92 Å². The highest BCUT2D eigenvalue weighted by atomic mass is 16.5. The van der Waals surface area contributed by atoms with Gasteiger partial charge >= 0.3 is 0 Å². The van der Waals surface area contributed by atoms with Crippen LogP contribution in [0.15, 0.2) is 0 Å². The van der Waals surface area contributed by atoms with Gasteiger partial charge in [-0.1, -0.05) is 64.7 Å². The number of ether oxygens (including phenoxy) is 1. The molecule has 0 rings (SSSR count). The molecule has 0 aliphatic heterocycles. The minimum Gasteiger partial charge on any atom is -0.374 e. The Hall–Kier alpha value is -0.370. The molecule has 0 aliphatic carbocycles. The number of rotatable bonds is 13. The van der Waals surface area contributed by atoms with E-state index in [2.05, 4.69) is 6.92 Å². The fourth-order valence-electron chi connectivity index (χ4n) is 2.12. The minimum absolute atomic E-state index is 0.219. The topological polar surface area (TPSA) is 26.3 Å². The lowest BCUT2D eigenvalue weighted by Gasteiger charge is -2.07. The molecular formula is C16H32O2. The van der Waals surface area contributed by atoms with Crippen LogP contribution in [0.1, 0.15) is 84.5 Å². The minimum atomic E-state index is -0.219. The molecule has 0 radical (unpaired) electrons. The number of carbonyl (C=O) groups is 1. The number of hydrogen-bond acceptors (Lipinski definition) is 2. The lowest BCUT2D eigenvalue weighted by atomic mass is 10.0. The molecule has 0 bridgehead atoms. The van der Waals surface area contributed by atoms with Gasteiger partial charge in [0.1, 0.15) is 6.10 Å². The average molecular weight is 256 g/mol. The highest BCUT2D eigenvalue weighted by molar-refractivity contribution is 5.82. The first-order chi connectivity index (χ1) is 8.72. The molecule has 2 nitrogen and oxygen atoms in total. The van der Waals surface area contributed by atoms with Gasteiger partial charge in [0, 0.05) is 13.5 Å². The van der Waals surface area contributed by atoms with Crippen molar-refractivity contribution in [2.45, 2.75) is 90.6 Å². The summed E-state index contributed by atoms with van der Waals surface area (Å²) in [5.41, 5.74) is 0. The van der Waals surface area contributed by atoms with E-state index in [4.69, 9.17) is 4.74 Å². The van der Waals surface area contributed by atoms with Crippen LogP contribution in [0.5, 0.6) is 0 Å². The summed E-state index contributed by atoms with van der Waals surface area (Å²) < 4.78 is 5.00. The number of methoxy groups -OCH3 is 1. The Bertz CT molecular complexity index is 190. The Morgan fingerprint density at radius 3 is 1.78 bits per heavy atom. The maximum Gasteiger partial charge on any atom is 0.161 e. The first kappa shape index (κ1) is 17.6. The van der Waals surface area contributed by atoms with Crippen molar-refractivity contribution in [2.24, 2.45) is 0 Å². The maximum absolute atomic E-state index is 11.5. The number of ketones is 1. The Balaban J connectivity index is 3.14. The predicted molar refractivity (Wildman–Crippen MR) is 77.9 cm³/mol. The van der Waals surface area contributed by atoms with Crippen molar-refractivity contribution in [1.82, 2.24) is 0 Å². The molecule has 0 aromatic heterocycles. The van der Waals surface area contributed by atoms with E-state index >= 15 is 0 Å². The molecular weight excluding hydrogens is 224 g/mol. The fourth-order valence-corrected chi connectivity index (χ4v) is 2.12. The summed E-state index contributed by atoms with van der Waals surface area (Å²) in [6.45, 7) is 4.09. The molecule has 0 fully saturated rings. The average Bonchev–Trinajstić information content (AvgIpc) is 2.39. The van der Waals surface area contributed by atoms with E-state index < -0.39 is 0 Å². The third kappa shape index (κ3) is 10.8. The van der Waals surface area contributed by atoms with Crippen molar-refractivity contribution in [3.05, 3.63) is 0 Å². The fraction of sp³-hybridized carbons (Fsp3) is 0.938. The van der Waals surface area contributed by atoms with Crippen LogP contribution in [0.25, 0.3) is 0 Å². The van der Waals surface area contributed by atoms with E-state index in [0.717, 1.165) is 6.42 Å². The highest BCUT2D eigenvalue weighted by Gasteiger charge is 2.10. The second-order valence-electron chi connectivity index (χ2n) is 5.28. The molecule has 0 spiro atoms. The Morgan fingerprint density at radius 1 is 0.889 bits per heavy atom. The van der Waals surface area contributed by atoms with Gasteiger partial charge in [-0.15, -0.1) is 0 Å². The Morgan fingerprint density at radius 2 is 1.33 bits per heavy atom. The second kappa shape index (κ2) is 13.1. The van der Waals surface area contributed by atoms with Gasteiger partial charge in [0.05, 0.1) is 0 Å². The molecule has 1 atom stereocenters. The highest BCUT2D eigenvalue weighted by Crippen LogP contribution is 2.11. The molecule has 108 valence electrons. The van der Waals surface area contributed by atoms with Crippen LogP contribution in [0.4, 0.5) is 0 Å². The molecule has 0 aromatic rings. The van der Waals surface area contributed by atoms with Crippen LogP contribution >= 0.6 is 0 Å². The lowest BCUT2D eigenvalue weighted by molar-refractivity contribution is -0.127. The molecule has 0 saturated heterocycles. The monoisotopic (exact) mass is 256 g/mol. The summed E-state index contributed by atoms with van der Waals surface area (Å²) in [6, 6.07) is 0.